The predicted molar refractivity (Wildman–Crippen MR) is 130 cm³/mol. The van der Waals surface area contributed by atoms with E-state index in [1.165, 1.54) is 26.0 Å². The van der Waals surface area contributed by atoms with E-state index in [9.17, 15) is 31.6 Å². The Bertz CT molecular complexity index is 1480. The van der Waals surface area contributed by atoms with Crippen molar-refractivity contribution in [3.8, 4) is 0 Å². The number of nitrogens with zero attached hydrogens (tertiary/aromatic N) is 6. The molecular formula is C23H27F3N6O4S. The summed E-state index contributed by atoms with van der Waals surface area (Å²) in [5.74, 6) is 0.206. The zero-order valence-corrected chi connectivity index (χ0v) is 21.7. The van der Waals surface area contributed by atoms with Gasteiger partial charge in [-0.2, -0.15) is 13.2 Å². The molecule has 14 heteroatoms. The third kappa shape index (κ3) is 4.67. The number of halogens is 3. The maximum atomic E-state index is 14.0. The molecule has 200 valence electrons. The number of alkyl halides is 3. The summed E-state index contributed by atoms with van der Waals surface area (Å²) < 4.78 is 68.3. The zero-order chi connectivity index (χ0) is 27.5. The van der Waals surface area contributed by atoms with Crippen LogP contribution in [0, 0.1) is 10.8 Å². The molecule has 1 aliphatic rings. The second-order valence-corrected chi connectivity index (χ2v) is 11.9. The number of hydrogen-bond acceptors (Lipinski definition) is 9. The van der Waals surface area contributed by atoms with Gasteiger partial charge in [0, 0.05) is 31.1 Å². The minimum absolute atomic E-state index is 0.00568. The summed E-state index contributed by atoms with van der Waals surface area (Å²) in [4.78, 5) is 25.6. The van der Waals surface area contributed by atoms with Crippen molar-refractivity contribution >= 4 is 26.8 Å². The van der Waals surface area contributed by atoms with Crippen LogP contribution in [-0.2, 0) is 34.7 Å². The molecule has 2 aromatic heterocycles. The number of anilines is 1. The number of hydrogen-bond donors (Lipinski definition) is 1. The highest BCUT2D eigenvalue weighted by atomic mass is 32.2. The Balaban J connectivity index is 1.89. The molecule has 37 heavy (non-hydrogen) atoms. The number of imidazole rings is 1. The molecule has 0 spiro atoms. The van der Waals surface area contributed by atoms with Crippen molar-refractivity contribution in [2.24, 2.45) is 11.1 Å². The number of rotatable bonds is 6. The second-order valence-electron chi connectivity index (χ2n) is 9.96. The van der Waals surface area contributed by atoms with E-state index in [0.717, 1.165) is 12.5 Å². The Morgan fingerprint density at radius 2 is 1.86 bits per heavy atom. The quantitative estimate of drug-likeness (QED) is 0.465. The summed E-state index contributed by atoms with van der Waals surface area (Å²) in [7, 11) is -3.63. The maximum Gasteiger partial charge on any atom is 0.433 e. The van der Waals surface area contributed by atoms with E-state index in [0.29, 0.717) is 16.9 Å². The van der Waals surface area contributed by atoms with Crippen molar-refractivity contribution in [1.29, 1.82) is 0 Å². The minimum Gasteiger partial charge on any atom is -0.392 e. The van der Waals surface area contributed by atoms with Crippen molar-refractivity contribution in [3.05, 3.63) is 45.9 Å². The van der Waals surface area contributed by atoms with E-state index >= 15 is 0 Å². The Hall–Kier alpha value is -3.13. The number of nitroso groups, excluding NO2 is 1. The van der Waals surface area contributed by atoms with Gasteiger partial charge in [0.1, 0.15) is 11.4 Å². The smallest absolute Gasteiger partial charge is 0.392 e. The number of aromatic nitrogens is 4. The molecule has 0 amide bonds. The number of aliphatic hydroxyl groups excluding tert-OH is 1. The molecule has 0 aliphatic carbocycles. The second kappa shape index (κ2) is 9.01. The van der Waals surface area contributed by atoms with Crippen LogP contribution in [0.2, 0.25) is 0 Å². The topological polar surface area (TPSA) is 131 Å². The molecule has 0 saturated carbocycles. The van der Waals surface area contributed by atoms with Crippen molar-refractivity contribution < 1.29 is 26.7 Å². The highest BCUT2D eigenvalue weighted by Crippen LogP contribution is 2.41. The Morgan fingerprint density at radius 1 is 1.19 bits per heavy atom. The Kier molecular flexibility index (Phi) is 6.56. The molecule has 10 nitrogen and oxygen atoms in total. The number of benzene rings is 1. The van der Waals surface area contributed by atoms with Gasteiger partial charge < -0.3 is 14.6 Å². The van der Waals surface area contributed by atoms with Crippen molar-refractivity contribution in [2.75, 3.05) is 17.7 Å². The largest absolute Gasteiger partial charge is 0.433 e. The first kappa shape index (κ1) is 26.9. The van der Waals surface area contributed by atoms with Gasteiger partial charge in [0.2, 0.25) is 5.95 Å². The number of sulfone groups is 1. The molecule has 1 N–H and O–H groups in total. The van der Waals surface area contributed by atoms with Gasteiger partial charge in [-0.1, -0.05) is 19.0 Å². The van der Waals surface area contributed by atoms with E-state index in [1.807, 2.05) is 18.4 Å². The summed E-state index contributed by atoms with van der Waals surface area (Å²) in [6.07, 6.45) is -2.79. The molecule has 1 aliphatic heterocycles. The number of fused-ring (bicyclic) bond motifs is 3. The van der Waals surface area contributed by atoms with Gasteiger partial charge in [-0.3, -0.25) is 0 Å². The van der Waals surface area contributed by atoms with Gasteiger partial charge >= 0.3 is 6.18 Å². The van der Waals surface area contributed by atoms with Crippen molar-refractivity contribution in [2.45, 2.75) is 63.5 Å². The van der Waals surface area contributed by atoms with Crippen LogP contribution < -0.4 is 4.90 Å². The molecule has 1 atom stereocenters. The summed E-state index contributed by atoms with van der Waals surface area (Å²) >= 11 is 0. The molecule has 1 aromatic carbocycles. The highest BCUT2D eigenvalue weighted by molar-refractivity contribution is 7.90. The van der Waals surface area contributed by atoms with Crippen molar-refractivity contribution in [3.63, 3.8) is 0 Å². The fourth-order valence-corrected chi connectivity index (χ4v) is 5.66. The lowest BCUT2D eigenvalue weighted by molar-refractivity contribution is -0.142. The van der Waals surface area contributed by atoms with Crippen LogP contribution in [0.15, 0.2) is 28.4 Å². The minimum atomic E-state index is -4.84. The zero-order valence-electron chi connectivity index (χ0n) is 20.9. The predicted octanol–water partition coefficient (Wildman–Crippen LogP) is 3.96. The Labute approximate surface area is 211 Å². The van der Waals surface area contributed by atoms with Crippen LogP contribution in [0.4, 0.5) is 19.1 Å². The monoisotopic (exact) mass is 540 g/mol. The van der Waals surface area contributed by atoms with Crippen LogP contribution in [-0.4, -0.2) is 45.8 Å². The lowest BCUT2D eigenvalue weighted by Gasteiger charge is -2.38. The lowest BCUT2D eigenvalue weighted by atomic mass is 9.95. The van der Waals surface area contributed by atoms with Gasteiger partial charge in [0.15, 0.2) is 15.5 Å². The lowest BCUT2D eigenvalue weighted by Crippen LogP contribution is -2.42. The maximum absolute atomic E-state index is 14.0. The van der Waals surface area contributed by atoms with E-state index in [1.54, 1.807) is 4.90 Å². The van der Waals surface area contributed by atoms with E-state index in [2.05, 4.69) is 20.1 Å². The van der Waals surface area contributed by atoms with Crippen LogP contribution >= 0.6 is 0 Å². The van der Waals surface area contributed by atoms with Gasteiger partial charge in [-0.15, -0.1) is 4.91 Å². The third-order valence-corrected chi connectivity index (χ3v) is 7.69. The third-order valence-electron chi connectivity index (χ3n) is 6.51. The first-order valence-electron chi connectivity index (χ1n) is 11.5. The van der Waals surface area contributed by atoms with Crippen molar-refractivity contribution in [1.82, 2.24) is 19.5 Å². The molecular weight excluding hydrogens is 513 g/mol. The van der Waals surface area contributed by atoms with Gasteiger partial charge in [0.05, 0.1) is 28.6 Å². The molecule has 0 unspecified atom stereocenters. The Morgan fingerprint density at radius 3 is 2.41 bits per heavy atom. The molecule has 0 bridgehead atoms. The van der Waals surface area contributed by atoms with Crippen LogP contribution in [0.25, 0.3) is 11.0 Å². The SMILES string of the molecule is CC(C)[C@@H]1c2nc3cc(CO)c(S(C)(=O)=O)cc3n2CCN1c1ncc(C(C)(C)N=O)c(C(F)(F)F)n1. The van der Waals surface area contributed by atoms with Crippen LogP contribution in [0.1, 0.15) is 56.4 Å². The molecule has 3 heterocycles. The molecule has 0 radical (unpaired) electrons. The summed E-state index contributed by atoms with van der Waals surface area (Å²) in [6.45, 7) is 6.30. The van der Waals surface area contributed by atoms with E-state index in [-0.39, 0.29) is 35.4 Å². The van der Waals surface area contributed by atoms with Gasteiger partial charge in [-0.05, 0) is 37.5 Å². The molecule has 0 fully saturated rings. The molecule has 4 rings (SSSR count). The number of aliphatic hydroxyl groups is 1. The van der Waals surface area contributed by atoms with Gasteiger partial charge in [0.25, 0.3) is 0 Å². The summed E-state index contributed by atoms with van der Waals surface area (Å²) in [5.41, 5.74) is -2.11. The summed E-state index contributed by atoms with van der Waals surface area (Å²) in [5, 5.41) is 12.5. The fraction of sp³-hybridized carbons (Fsp3) is 0.522. The fourth-order valence-electron chi connectivity index (χ4n) is 4.74. The van der Waals surface area contributed by atoms with E-state index < -0.39 is 45.5 Å². The normalized spacial score (nSPS) is 16.9. The highest BCUT2D eigenvalue weighted by Gasteiger charge is 2.43. The average Bonchev–Trinajstić information content (AvgIpc) is 3.18. The average molecular weight is 541 g/mol. The van der Waals surface area contributed by atoms with Gasteiger partial charge in [-0.25, -0.2) is 23.4 Å². The first-order valence-corrected chi connectivity index (χ1v) is 13.4. The first-order chi connectivity index (χ1) is 17.1. The standard InChI is InChI=1S/C23H27F3N6O4S/c1-12(2)18-20-28-15-8-13(11-33)17(37(5,35)36)9-16(15)31(20)6-7-32(18)21-27-10-14(22(3,4)30-34)19(29-21)23(24,25)26/h8-10,12,18,33H,6-7,11H2,1-5H3/t18-/m1/s1. The van der Waals surface area contributed by atoms with Crippen LogP contribution in [0.3, 0.4) is 0 Å². The van der Waals surface area contributed by atoms with Crippen LogP contribution in [0.5, 0.6) is 0 Å². The molecule has 0 saturated heterocycles. The molecule has 3 aromatic rings. The van der Waals surface area contributed by atoms with E-state index in [4.69, 9.17) is 0 Å². The summed E-state index contributed by atoms with van der Waals surface area (Å²) in [6, 6.07) is 2.45.